The molecule has 1 saturated carbocycles. The molecule has 2 aliphatic rings. The van der Waals surface area contributed by atoms with E-state index in [0.717, 1.165) is 25.7 Å². The molecule has 1 N–H and O–H groups in total. The molecule has 2 bridgehead atoms. The summed E-state index contributed by atoms with van der Waals surface area (Å²) in [6.45, 7) is 5.47. The van der Waals surface area contributed by atoms with Crippen molar-refractivity contribution in [3.63, 3.8) is 0 Å². The van der Waals surface area contributed by atoms with Gasteiger partial charge < -0.3 is 19.7 Å². The number of halogens is 1. The second-order valence-corrected chi connectivity index (χ2v) is 8.96. The molecule has 1 aliphatic heterocycles. The molecule has 2 fully saturated rings. The number of piperidine rings is 1. The van der Waals surface area contributed by atoms with E-state index in [2.05, 4.69) is 29.4 Å². The van der Waals surface area contributed by atoms with Crippen LogP contribution in [0.15, 0.2) is 30.6 Å². The number of anilines is 1. The van der Waals surface area contributed by atoms with Gasteiger partial charge in [0.2, 0.25) is 0 Å². The summed E-state index contributed by atoms with van der Waals surface area (Å²) in [6, 6.07) is 5.47. The fourth-order valence-corrected chi connectivity index (χ4v) is 5.54. The average molecular weight is 448 g/mol. The fourth-order valence-electron chi connectivity index (χ4n) is 5.35. The highest BCUT2D eigenvalue weighted by molar-refractivity contribution is 6.32. The van der Waals surface area contributed by atoms with Gasteiger partial charge in [-0.1, -0.05) is 25.4 Å². The Morgan fingerprint density at radius 2 is 2.10 bits per heavy atom. The van der Waals surface area contributed by atoms with Crippen molar-refractivity contribution >= 4 is 23.3 Å². The van der Waals surface area contributed by atoms with Crippen molar-refractivity contribution in [2.45, 2.75) is 57.2 Å². The molecule has 1 aromatic heterocycles. The Labute approximate surface area is 187 Å². The van der Waals surface area contributed by atoms with E-state index in [1.807, 2.05) is 4.90 Å². The zero-order chi connectivity index (χ0) is 22.0. The number of likely N-dealkylation sites (tertiary alicyclic amines) is 1. The number of fused-ring (bicyclic) bond motifs is 2. The predicted molar refractivity (Wildman–Crippen MR) is 119 cm³/mol. The normalized spacial score (nSPS) is 25.7. The van der Waals surface area contributed by atoms with E-state index in [4.69, 9.17) is 21.1 Å². The van der Waals surface area contributed by atoms with Crippen molar-refractivity contribution in [3.8, 4) is 5.69 Å². The molecular weight excluding hydrogens is 418 g/mol. The van der Waals surface area contributed by atoms with Crippen LogP contribution in [0.25, 0.3) is 5.69 Å². The first kappa shape index (κ1) is 22.0. The molecular formula is C22H30ClN5O3. The lowest BCUT2D eigenvalue weighted by Crippen LogP contribution is -2.76. The first-order valence-corrected chi connectivity index (χ1v) is 11.2. The van der Waals surface area contributed by atoms with Gasteiger partial charge in [-0.05, 0) is 49.8 Å². The van der Waals surface area contributed by atoms with E-state index in [1.54, 1.807) is 37.7 Å². The highest BCUT2D eigenvalue weighted by Crippen LogP contribution is 2.53. The van der Waals surface area contributed by atoms with Crippen molar-refractivity contribution in [2.24, 2.45) is 5.92 Å². The highest BCUT2D eigenvalue weighted by atomic mass is 35.5. The van der Waals surface area contributed by atoms with E-state index in [9.17, 15) is 4.79 Å². The minimum absolute atomic E-state index is 0.0125. The zero-order valence-corrected chi connectivity index (χ0v) is 19.0. The molecule has 2 heterocycles. The minimum Gasteiger partial charge on any atom is -0.382 e. The number of hydrogen-bond acceptors (Lipinski definition) is 5. The van der Waals surface area contributed by atoms with Gasteiger partial charge in [0.05, 0.1) is 42.3 Å². The van der Waals surface area contributed by atoms with Crippen LogP contribution < -0.4 is 5.32 Å². The topological polar surface area (TPSA) is 81.5 Å². The Morgan fingerprint density at radius 3 is 2.81 bits per heavy atom. The number of methoxy groups -OCH3 is 1. The smallest absolute Gasteiger partial charge is 0.322 e. The first-order valence-electron chi connectivity index (χ1n) is 10.9. The van der Waals surface area contributed by atoms with Crippen molar-refractivity contribution in [1.29, 1.82) is 0 Å². The molecule has 1 aliphatic carbocycles. The number of nitrogens with one attached hydrogen (secondary N) is 1. The van der Waals surface area contributed by atoms with Gasteiger partial charge in [0, 0.05) is 18.8 Å². The van der Waals surface area contributed by atoms with Gasteiger partial charge >= 0.3 is 6.03 Å². The van der Waals surface area contributed by atoms with Crippen LogP contribution in [-0.2, 0) is 9.47 Å². The lowest BCUT2D eigenvalue weighted by Gasteiger charge is -2.65. The number of nitrogens with zero attached hydrogens (tertiary/aromatic N) is 4. The van der Waals surface area contributed by atoms with Crippen LogP contribution in [0, 0.1) is 5.92 Å². The van der Waals surface area contributed by atoms with Crippen LogP contribution in [0.1, 0.15) is 39.5 Å². The number of carbonyl (C=O) groups excluding carboxylic acids is 1. The summed E-state index contributed by atoms with van der Waals surface area (Å²) in [4.78, 5) is 16.9. The third kappa shape index (κ3) is 4.16. The third-order valence-corrected chi connectivity index (χ3v) is 6.76. The summed E-state index contributed by atoms with van der Waals surface area (Å²) in [7, 11) is 1.67. The van der Waals surface area contributed by atoms with Gasteiger partial charge in [0.1, 0.15) is 5.69 Å². The standard InChI is InChI=1S/C22H30ClN5O3/c1-4-20(31-10-9-30-3)22-13-15(2)11-17(14-22)27(22)21(29)26-16-5-6-18(23)19(12-16)28-24-7-8-25-28/h5-8,12,15,17,20H,4,9-11,13-14H2,1-3H3,(H,26,29)/t15-,17+,20-,22-/m0/s1. The fraction of sp³-hybridized carbons (Fsp3) is 0.591. The minimum atomic E-state index is -0.270. The zero-order valence-electron chi connectivity index (χ0n) is 18.3. The molecule has 1 aromatic carbocycles. The molecule has 168 valence electrons. The molecule has 0 spiro atoms. The second kappa shape index (κ2) is 9.14. The number of carbonyl (C=O) groups is 1. The monoisotopic (exact) mass is 447 g/mol. The van der Waals surface area contributed by atoms with Crippen LogP contribution in [0.5, 0.6) is 0 Å². The van der Waals surface area contributed by atoms with Crippen LogP contribution in [0.3, 0.4) is 0 Å². The van der Waals surface area contributed by atoms with Gasteiger partial charge in [-0.2, -0.15) is 15.0 Å². The number of aromatic nitrogens is 3. The maximum Gasteiger partial charge on any atom is 0.322 e. The van der Waals surface area contributed by atoms with Crippen molar-refractivity contribution in [2.75, 3.05) is 25.6 Å². The van der Waals surface area contributed by atoms with E-state index in [0.29, 0.717) is 35.5 Å². The van der Waals surface area contributed by atoms with E-state index < -0.39 is 0 Å². The highest BCUT2D eigenvalue weighted by Gasteiger charge is 2.61. The Hall–Kier alpha value is -2.16. The molecule has 8 nitrogen and oxygen atoms in total. The first-order chi connectivity index (χ1) is 15.0. The molecule has 2 aromatic rings. The Bertz CT molecular complexity index is 909. The Kier molecular flexibility index (Phi) is 6.50. The summed E-state index contributed by atoms with van der Waals surface area (Å²) < 4.78 is 11.3. The molecule has 1 saturated heterocycles. The second-order valence-electron chi connectivity index (χ2n) is 8.55. The molecule has 0 radical (unpaired) electrons. The van der Waals surface area contributed by atoms with Crippen LogP contribution in [0.4, 0.5) is 10.5 Å². The Morgan fingerprint density at radius 1 is 1.32 bits per heavy atom. The molecule has 4 rings (SSSR count). The lowest BCUT2D eigenvalue weighted by atomic mass is 9.61. The molecule has 4 atom stereocenters. The summed E-state index contributed by atoms with van der Waals surface area (Å²) in [6.07, 6.45) is 6.96. The van der Waals surface area contributed by atoms with E-state index in [1.165, 1.54) is 4.80 Å². The van der Waals surface area contributed by atoms with Crippen LogP contribution in [-0.4, -0.2) is 63.9 Å². The quantitative estimate of drug-likeness (QED) is 0.615. The number of ether oxygens (including phenoxy) is 2. The third-order valence-electron chi connectivity index (χ3n) is 6.44. The maximum atomic E-state index is 13.4. The number of amides is 2. The largest absolute Gasteiger partial charge is 0.382 e. The predicted octanol–water partition coefficient (Wildman–Crippen LogP) is 4.14. The van der Waals surface area contributed by atoms with Gasteiger partial charge in [0.15, 0.2) is 0 Å². The van der Waals surface area contributed by atoms with Gasteiger partial charge in [-0.15, -0.1) is 0 Å². The summed E-state index contributed by atoms with van der Waals surface area (Å²) in [5.74, 6) is 0.566. The van der Waals surface area contributed by atoms with Crippen LogP contribution in [0.2, 0.25) is 5.02 Å². The number of hydrogen-bond donors (Lipinski definition) is 1. The van der Waals surface area contributed by atoms with E-state index in [-0.39, 0.29) is 23.7 Å². The number of urea groups is 1. The SMILES string of the molecule is CC[C@H](OCCOC)[C@]12C[C@@H](C)C[C@H](C1)N2C(=O)Nc1ccc(Cl)c(-n2nccn2)c1. The molecule has 9 heteroatoms. The number of benzene rings is 1. The summed E-state index contributed by atoms with van der Waals surface area (Å²) in [5, 5.41) is 11.9. The van der Waals surface area contributed by atoms with Crippen molar-refractivity contribution < 1.29 is 14.3 Å². The maximum absolute atomic E-state index is 13.4. The molecule has 31 heavy (non-hydrogen) atoms. The molecule has 0 unspecified atom stereocenters. The lowest BCUT2D eigenvalue weighted by molar-refractivity contribution is -0.173. The van der Waals surface area contributed by atoms with Gasteiger partial charge in [0.25, 0.3) is 0 Å². The van der Waals surface area contributed by atoms with Crippen LogP contribution >= 0.6 is 11.6 Å². The van der Waals surface area contributed by atoms with Gasteiger partial charge in [-0.25, -0.2) is 4.79 Å². The summed E-state index contributed by atoms with van der Waals surface area (Å²) in [5.41, 5.74) is 1.00. The Balaban J connectivity index is 1.54. The van der Waals surface area contributed by atoms with Gasteiger partial charge in [-0.3, -0.25) is 0 Å². The van der Waals surface area contributed by atoms with Crippen molar-refractivity contribution in [3.05, 3.63) is 35.6 Å². The number of rotatable bonds is 8. The van der Waals surface area contributed by atoms with E-state index >= 15 is 0 Å². The summed E-state index contributed by atoms with van der Waals surface area (Å²) >= 11 is 6.31. The average Bonchev–Trinajstić information content (AvgIpc) is 3.26. The van der Waals surface area contributed by atoms with Crippen molar-refractivity contribution in [1.82, 2.24) is 19.9 Å². The molecule has 2 amide bonds.